The van der Waals surface area contributed by atoms with Crippen molar-refractivity contribution in [3.05, 3.63) is 30.1 Å². The van der Waals surface area contributed by atoms with Crippen molar-refractivity contribution in [2.45, 2.75) is 38.9 Å². The normalized spacial score (nSPS) is 13.7. The lowest BCUT2D eigenvalue weighted by atomic mass is 10.2. The molecular weight excluding hydrogens is 261 g/mol. The Labute approximate surface area is 119 Å². The third-order valence-corrected chi connectivity index (χ3v) is 3.01. The molecule has 2 atom stereocenters. The molecule has 0 bridgehead atoms. The van der Waals surface area contributed by atoms with Gasteiger partial charge in [0.2, 0.25) is 0 Å². The highest BCUT2D eigenvalue weighted by Crippen LogP contribution is 2.18. The molecular formula is C15H22FNO3. The molecule has 0 radical (unpaired) electrons. The summed E-state index contributed by atoms with van der Waals surface area (Å²) in [4.78, 5) is 13.7. The van der Waals surface area contributed by atoms with Crippen molar-refractivity contribution in [1.29, 1.82) is 0 Å². The molecule has 1 N–H and O–H groups in total. The highest BCUT2D eigenvalue weighted by atomic mass is 19.1. The number of carbonyl (C=O) groups excluding carboxylic acids is 1. The summed E-state index contributed by atoms with van der Waals surface area (Å²) >= 11 is 0. The number of likely N-dealkylation sites (N-methyl/N-ethyl adjacent to an activating group) is 1. The number of amides is 1. The van der Waals surface area contributed by atoms with Crippen molar-refractivity contribution in [3.63, 3.8) is 0 Å². The van der Waals surface area contributed by atoms with E-state index in [2.05, 4.69) is 0 Å². The minimum Gasteiger partial charge on any atom is -0.478 e. The average molecular weight is 283 g/mol. The summed E-state index contributed by atoms with van der Waals surface area (Å²) in [6.07, 6.45) is -0.228. The zero-order chi connectivity index (χ0) is 15.1. The van der Waals surface area contributed by atoms with E-state index in [0.717, 1.165) is 0 Å². The van der Waals surface area contributed by atoms with Gasteiger partial charge in [0, 0.05) is 13.6 Å². The first-order valence-corrected chi connectivity index (χ1v) is 6.80. The van der Waals surface area contributed by atoms with Gasteiger partial charge >= 0.3 is 0 Å². The van der Waals surface area contributed by atoms with Gasteiger partial charge in [-0.05, 0) is 31.9 Å². The Morgan fingerprint density at radius 2 is 2.10 bits per heavy atom. The van der Waals surface area contributed by atoms with Crippen molar-refractivity contribution >= 4 is 5.91 Å². The van der Waals surface area contributed by atoms with Gasteiger partial charge in [0.25, 0.3) is 5.91 Å². The van der Waals surface area contributed by atoms with Gasteiger partial charge in [-0.2, -0.15) is 0 Å². The van der Waals surface area contributed by atoms with E-state index in [-0.39, 0.29) is 11.7 Å². The van der Waals surface area contributed by atoms with E-state index in [1.54, 1.807) is 26.1 Å². The van der Waals surface area contributed by atoms with E-state index < -0.39 is 18.0 Å². The first-order valence-electron chi connectivity index (χ1n) is 6.80. The van der Waals surface area contributed by atoms with Crippen molar-refractivity contribution in [2.24, 2.45) is 0 Å². The van der Waals surface area contributed by atoms with E-state index in [4.69, 9.17) is 4.74 Å². The van der Waals surface area contributed by atoms with Crippen molar-refractivity contribution in [2.75, 3.05) is 13.6 Å². The van der Waals surface area contributed by atoms with Crippen LogP contribution in [0.25, 0.3) is 0 Å². The van der Waals surface area contributed by atoms with Gasteiger partial charge in [-0.1, -0.05) is 19.1 Å². The second kappa shape index (κ2) is 7.85. The predicted molar refractivity (Wildman–Crippen MR) is 75.0 cm³/mol. The molecule has 1 amide bonds. The number of para-hydroxylation sites is 1. The molecule has 1 rings (SSSR count). The number of aliphatic hydroxyl groups is 1. The average Bonchev–Trinajstić information content (AvgIpc) is 2.43. The van der Waals surface area contributed by atoms with Crippen molar-refractivity contribution in [3.8, 4) is 5.75 Å². The molecule has 5 heteroatoms. The number of ether oxygens (including phenoxy) is 1. The molecule has 1 aromatic carbocycles. The largest absolute Gasteiger partial charge is 0.478 e. The summed E-state index contributed by atoms with van der Waals surface area (Å²) in [6.45, 7) is 3.92. The summed E-state index contributed by atoms with van der Waals surface area (Å²) in [7, 11) is 1.65. The number of benzene rings is 1. The molecule has 0 aliphatic carbocycles. The quantitative estimate of drug-likeness (QED) is 0.834. The number of nitrogens with zero attached hydrogens (tertiary/aromatic N) is 1. The molecule has 1 aromatic rings. The Kier molecular flexibility index (Phi) is 6.45. The van der Waals surface area contributed by atoms with Crippen molar-refractivity contribution in [1.82, 2.24) is 4.90 Å². The van der Waals surface area contributed by atoms with E-state index in [1.165, 1.54) is 17.0 Å². The first-order chi connectivity index (χ1) is 9.45. The highest BCUT2D eigenvalue weighted by molar-refractivity contribution is 5.81. The maximum atomic E-state index is 13.5. The molecule has 0 heterocycles. The van der Waals surface area contributed by atoms with Crippen LogP contribution < -0.4 is 4.74 Å². The zero-order valence-electron chi connectivity index (χ0n) is 12.2. The van der Waals surface area contributed by atoms with Crippen LogP contribution in [-0.2, 0) is 4.79 Å². The van der Waals surface area contributed by atoms with Crippen LogP contribution in [0.15, 0.2) is 24.3 Å². The number of rotatable bonds is 7. The molecule has 4 nitrogen and oxygen atoms in total. The van der Waals surface area contributed by atoms with Crippen molar-refractivity contribution < 1.29 is 19.0 Å². The van der Waals surface area contributed by atoms with Crippen LogP contribution in [0.2, 0.25) is 0 Å². The number of halogens is 1. The van der Waals surface area contributed by atoms with Crippen LogP contribution in [0.3, 0.4) is 0 Å². The molecule has 0 fully saturated rings. The smallest absolute Gasteiger partial charge is 0.263 e. The number of carbonyl (C=O) groups is 1. The van der Waals surface area contributed by atoms with E-state index in [0.29, 0.717) is 19.4 Å². The Morgan fingerprint density at radius 3 is 2.65 bits per heavy atom. The summed E-state index contributed by atoms with van der Waals surface area (Å²) in [5, 5.41) is 9.23. The monoisotopic (exact) mass is 283 g/mol. The fraction of sp³-hybridized carbons (Fsp3) is 0.533. The van der Waals surface area contributed by atoms with Crippen LogP contribution in [0.5, 0.6) is 5.75 Å². The van der Waals surface area contributed by atoms with E-state index in [9.17, 15) is 14.3 Å². The molecule has 0 aliphatic heterocycles. The first kappa shape index (κ1) is 16.4. The van der Waals surface area contributed by atoms with Crippen LogP contribution >= 0.6 is 0 Å². The zero-order valence-corrected chi connectivity index (χ0v) is 12.2. The Balaban J connectivity index is 2.66. The van der Waals surface area contributed by atoms with Gasteiger partial charge < -0.3 is 14.7 Å². The fourth-order valence-electron chi connectivity index (χ4n) is 1.74. The maximum absolute atomic E-state index is 13.5. The van der Waals surface area contributed by atoms with Gasteiger partial charge in [0.15, 0.2) is 17.7 Å². The molecule has 20 heavy (non-hydrogen) atoms. The fourth-order valence-corrected chi connectivity index (χ4v) is 1.74. The van der Waals surface area contributed by atoms with E-state index >= 15 is 0 Å². The summed E-state index contributed by atoms with van der Waals surface area (Å²) < 4.78 is 19.0. The second-order valence-corrected chi connectivity index (χ2v) is 4.84. The maximum Gasteiger partial charge on any atom is 0.263 e. The Bertz CT molecular complexity index is 437. The van der Waals surface area contributed by atoms with Crippen LogP contribution in [0, 0.1) is 5.82 Å². The molecule has 2 unspecified atom stereocenters. The number of hydrogen-bond acceptors (Lipinski definition) is 3. The van der Waals surface area contributed by atoms with E-state index in [1.807, 2.05) is 6.92 Å². The Hall–Kier alpha value is -1.62. The van der Waals surface area contributed by atoms with Crippen LogP contribution in [-0.4, -0.2) is 41.7 Å². The summed E-state index contributed by atoms with van der Waals surface area (Å²) in [5.41, 5.74) is 0. The third-order valence-electron chi connectivity index (χ3n) is 3.01. The van der Waals surface area contributed by atoms with Crippen LogP contribution in [0.4, 0.5) is 4.39 Å². The highest BCUT2D eigenvalue weighted by Gasteiger charge is 2.23. The van der Waals surface area contributed by atoms with Gasteiger partial charge in [-0.25, -0.2) is 4.39 Å². The molecule has 0 aliphatic rings. The van der Waals surface area contributed by atoms with Gasteiger partial charge in [-0.15, -0.1) is 0 Å². The van der Waals surface area contributed by atoms with Gasteiger partial charge in [-0.3, -0.25) is 4.79 Å². The lowest BCUT2D eigenvalue weighted by Crippen LogP contribution is -2.40. The van der Waals surface area contributed by atoms with Gasteiger partial charge in [0.05, 0.1) is 6.10 Å². The molecule has 0 spiro atoms. The molecule has 0 saturated carbocycles. The Morgan fingerprint density at radius 1 is 1.45 bits per heavy atom. The van der Waals surface area contributed by atoms with Gasteiger partial charge in [0.1, 0.15) is 0 Å². The minimum absolute atomic E-state index is 0.0802. The van der Waals surface area contributed by atoms with Crippen LogP contribution in [0.1, 0.15) is 26.7 Å². The lowest BCUT2D eigenvalue weighted by Gasteiger charge is -2.24. The molecule has 112 valence electrons. The summed E-state index contributed by atoms with van der Waals surface area (Å²) in [5.74, 6) is -0.613. The molecule has 0 saturated heterocycles. The number of aliphatic hydroxyl groups excluding tert-OH is 1. The second-order valence-electron chi connectivity index (χ2n) is 4.84. The minimum atomic E-state index is -0.717. The topological polar surface area (TPSA) is 49.8 Å². The standard InChI is InChI=1S/C15H22FNO3/c1-4-13(15(19)17(3)10-9-11(2)18)20-14-8-6-5-7-12(14)16/h5-8,11,13,18H,4,9-10H2,1-3H3. The third kappa shape index (κ3) is 4.81. The number of hydrogen-bond donors (Lipinski definition) is 1. The predicted octanol–water partition coefficient (Wildman–Crippen LogP) is 2.21. The lowest BCUT2D eigenvalue weighted by molar-refractivity contribution is -0.137. The summed E-state index contributed by atoms with van der Waals surface area (Å²) in [6, 6.07) is 6.03. The molecule has 0 aromatic heterocycles. The SMILES string of the molecule is CCC(Oc1ccccc1F)C(=O)N(C)CCC(C)O.